The van der Waals surface area contributed by atoms with E-state index in [4.69, 9.17) is 14.5 Å². The van der Waals surface area contributed by atoms with E-state index in [1.165, 1.54) is 0 Å². The minimum Gasteiger partial charge on any atom is -0.497 e. The average Bonchev–Trinajstić information content (AvgIpc) is 2.78. The number of carbonyl (C=O) groups is 1. The molecule has 0 radical (unpaired) electrons. The third-order valence-corrected chi connectivity index (χ3v) is 6.01. The number of benzene rings is 1. The average molecular weight is 396 g/mol. The van der Waals surface area contributed by atoms with E-state index < -0.39 is 0 Å². The smallest absolute Gasteiger partial charge is 0.225 e. The van der Waals surface area contributed by atoms with Gasteiger partial charge in [0.2, 0.25) is 5.95 Å². The molecule has 1 aliphatic carbocycles. The zero-order chi connectivity index (χ0) is 20.4. The quantitative estimate of drug-likeness (QED) is 0.769. The van der Waals surface area contributed by atoms with Gasteiger partial charge >= 0.3 is 0 Å². The van der Waals surface area contributed by atoms with Crippen molar-refractivity contribution in [3.05, 3.63) is 41.2 Å². The molecular formula is C22H28N4O3. The number of hydrogen-bond donors (Lipinski definition) is 0. The maximum atomic E-state index is 12.8. The van der Waals surface area contributed by atoms with Crippen molar-refractivity contribution in [2.24, 2.45) is 0 Å². The van der Waals surface area contributed by atoms with Crippen LogP contribution in [-0.2, 0) is 6.42 Å². The lowest BCUT2D eigenvalue weighted by molar-refractivity contribution is 0.0962. The van der Waals surface area contributed by atoms with E-state index in [-0.39, 0.29) is 11.7 Å². The van der Waals surface area contributed by atoms with Crippen LogP contribution in [0.4, 0.5) is 5.95 Å². The van der Waals surface area contributed by atoms with Crippen LogP contribution in [0.5, 0.6) is 11.5 Å². The Morgan fingerprint density at radius 1 is 1.10 bits per heavy atom. The van der Waals surface area contributed by atoms with Crippen molar-refractivity contribution in [1.82, 2.24) is 14.9 Å². The number of methoxy groups -OCH3 is 2. The van der Waals surface area contributed by atoms with E-state index >= 15 is 0 Å². The lowest BCUT2D eigenvalue weighted by Crippen LogP contribution is -2.46. The first kappa shape index (κ1) is 19.6. The summed E-state index contributed by atoms with van der Waals surface area (Å²) in [4.78, 5) is 26.8. The highest BCUT2D eigenvalue weighted by molar-refractivity contribution is 5.98. The summed E-state index contributed by atoms with van der Waals surface area (Å²) >= 11 is 0. The zero-order valence-corrected chi connectivity index (χ0v) is 17.4. The fraction of sp³-hybridized carbons (Fsp3) is 0.500. The monoisotopic (exact) mass is 396 g/mol. The van der Waals surface area contributed by atoms with Gasteiger partial charge in [0.05, 0.1) is 25.5 Å². The molecule has 7 nitrogen and oxygen atoms in total. The molecule has 1 aromatic heterocycles. The van der Waals surface area contributed by atoms with Crippen molar-refractivity contribution in [2.75, 3.05) is 51.8 Å². The molecular weight excluding hydrogens is 368 g/mol. The number of likely N-dealkylation sites (N-methyl/N-ethyl adjacent to an activating group) is 1. The number of anilines is 1. The molecule has 154 valence electrons. The van der Waals surface area contributed by atoms with Crippen molar-refractivity contribution < 1.29 is 14.3 Å². The summed E-state index contributed by atoms with van der Waals surface area (Å²) in [5.41, 5.74) is 2.51. The molecule has 2 heterocycles. The number of nitrogens with zero attached hydrogens (tertiary/aromatic N) is 4. The zero-order valence-electron chi connectivity index (χ0n) is 17.4. The van der Waals surface area contributed by atoms with E-state index in [1.807, 2.05) is 18.2 Å². The molecule has 2 aromatic rings. The highest BCUT2D eigenvalue weighted by Gasteiger charge is 2.30. The van der Waals surface area contributed by atoms with E-state index in [9.17, 15) is 4.79 Å². The number of aromatic nitrogens is 2. The van der Waals surface area contributed by atoms with Crippen molar-refractivity contribution in [2.45, 2.75) is 25.7 Å². The molecule has 0 saturated carbocycles. The molecule has 1 saturated heterocycles. The Morgan fingerprint density at radius 3 is 2.59 bits per heavy atom. The van der Waals surface area contributed by atoms with Crippen molar-refractivity contribution in [3.63, 3.8) is 0 Å². The second-order valence-corrected chi connectivity index (χ2v) is 7.59. The van der Waals surface area contributed by atoms with Crippen molar-refractivity contribution in [3.8, 4) is 11.5 Å². The molecule has 29 heavy (non-hydrogen) atoms. The number of fused-ring (bicyclic) bond motifs is 1. The summed E-state index contributed by atoms with van der Waals surface area (Å²) in [6, 6.07) is 5.77. The molecule has 7 heteroatoms. The Kier molecular flexibility index (Phi) is 5.67. The molecule has 1 aliphatic heterocycles. The van der Waals surface area contributed by atoms with Gasteiger partial charge in [0.25, 0.3) is 0 Å². The molecule has 1 aromatic carbocycles. The maximum absolute atomic E-state index is 12.8. The van der Waals surface area contributed by atoms with Gasteiger partial charge in [-0.15, -0.1) is 0 Å². The fourth-order valence-corrected chi connectivity index (χ4v) is 4.23. The van der Waals surface area contributed by atoms with Gasteiger partial charge in [0, 0.05) is 50.8 Å². The van der Waals surface area contributed by atoms with Gasteiger partial charge in [0.1, 0.15) is 11.5 Å². The molecule has 1 atom stereocenters. The summed E-state index contributed by atoms with van der Waals surface area (Å²) in [5.74, 6) is 2.35. The molecule has 0 spiro atoms. The Labute approximate surface area is 171 Å². The van der Waals surface area contributed by atoms with Gasteiger partial charge in [-0.2, -0.15) is 0 Å². The highest BCUT2D eigenvalue weighted by Crippen LogP contribution is 2.38. The second-order valence-electron chi connectivity index (χ2n) is 7.59. The molecule has 0 bridgehead atoms. The normalized spacial score (nSPS) is 19.8. The van der Waals surface area contributed by atoms with E-state index in [0.717, 1.165) is 61.4 Å². The number of ether oxygens (including phenoxy) is 2. The summed E-state index contributed by atoms with van der Waals surface area (Å²) in [6.07, 6.45) is 2.86. The lowest BCUT2D eigenvalue weighted by Gasteiger charge is -2.34. The number of hydrogen-bond acceptors (Lipinski definition) is 7. The number of ketones is 1. The van der Waals surface area contributed by atoms with Gasteiger partial charge in [-0.3, -0.25) is 4.79 Å². The van der Waals surface area contributed by atoms with Crippen LogP contribution in [0.25, 0.3) is 0 Å². The largest absolute Gasteiger partial charge is 0.497 e. The summed E-state index contributed by atoms with van der Waals surface area (Å²) in [6.45, 7) is 7.11. The number of carbonyl (C=O) groups excluding carboxylic acids is 1. The number of piperazine rings is 1. The van der Waals surface area contributed by atoms with Gasteiger partial charge in [0.15, 0.2) is 5.78 Å². The topological polar surface area (TPSA) is 67.8 Å². The third-order valence-electron chi connectivity index (χ3n) is 6.01. The maximum Gasteiger partial charge on any atom is 0.225 e. The summed E-state index contributed by atoms with van der Waals surface area (Å²) in [5, 5.41) is 0. The summed E-state index contributed by atoms with van der Waals surface area (Å²) < 4.78 is 10.9. The summed E-state index contributed by atoms with van der Waals surface area (Å²) in [7, 11) is 3.28. The lowest BCUT2D eigenvalue weighted by atomic mass is 9.82. The van der Waals surface area contributed by atoms with Crippen LogP contribution >= 0.6 is 0 Å². The van der Waals surface area contributed by atoms with Crippen molar-refractivity contribution >= 4 is 11.7 Å². The first-order valence-electron chi connectivity index (χ1n) is 10.2. The molecule has 0 amide bonds. The van der Waals surface area contributed by atoms with E-state index in [0.29, 0.717) is 18.4 Å². The standard InChI is InChI=1S/C22H28N4O3/c1-4-25-7-9-26(10-8-25)22-23-14-18-19(24-22)11-15(12-20(18)27)17-6-5-16(28-2)13-21(17)29-3/h5-6,13-15H,4,7-12H2,1-3H3/t15-/m0/s1. The predicted octanol–water partition coefficient (Wildman–Crippen LogP) is 2.55. The predicted molar refractivity (Wildman–Crippen MR) is 111 cm³/mol. The van der Waals surface area contributed by atoms with Gasteiger partial charge in [-0.25, -0.2) is 9.97 Å². The highest BCUT2D eigenvalue weighted by atomic mass is 16.5. The first-order chi connectivity index (χ1) is 14.1. The Balaban J connectivity index is 1.59. The Hall–Kier alpha value is -2.67. The molecule has 4 rings (SSSR count). The van der Waals surface area contributed by atoms with Crippen LogP contribution in [0, 0.1) is 0 Å². The van der Waals surface area contributed by atoms with Crippen LogP contribution in [0.1, 0.15) is 40.9 Å². The van der Waals surface area contributed by atoms with E-state index in [2.05, 4.69) is 21.7 Å². The number of rotatable bonds is 5. The van der Waals surface area contributed by atoms with Crippen LogP contribution in [0.15, 0.2) is 24.4 Å². The molecule has 1 fully saturated rings. The van der Waals surface area contributed by atoms with E-state index in [1.54, 1.807) is 20.4 Å². The third kappa shape index (κ3) is 3.92. The minimum atomic E-state index is 0.0375. The Morgan fingerprint density at radius 2 is 1.90 bits per heavy atom. The number of Topliss-reactive ketones (excluding diaryl/α,β-unsaturated/α-hetero) is 1. The second kappa shape index (κ2) is 8.37. The first-order valence-corrected chi connectivity index (χ1v) is 10.2. The van der Waals surface area contributed by atoms with Gasteiger partial charge in [-0.1, -0.05) is 13.0 Å². The molecule has 0 N–H and O–H groups in total. The van der Waals surface area contributed by atoms with Gasteiger partial charge < -0.3 is 19.3 Å². The van der Waals surface area contributed by atoms with Crippen LogP contribution in [-0.4, -0.2) is 67.6 Å². The van der Waals surface area contributed by atoms with Gasteiger partial charge in [-0.05, 0) is 24.6 Å². The van der Waals surface area contributed by atoms with Crippen LogP contribution < -0.4 is 14.4 Å². The van der Waals surface area contributed by atoms with Crippen LogP contribution in [0.3, 0.4) is 0 Å². The Bertz CT molecular complexity index is 894. The fourth-order valence-electron chi connectivity index (χ4n) is 4.23. The van der Waals surface area contributed by atoms with Crippen molar-refractivity contribution in [1.29, 1.82) is 0 Å². The SMILES string of the molecule is CCN1CCN(c2ncc3c(n2)C[C@H](c2ccc(OC)cc2OC)CC3=O)CC1. The molecule has 0 unspecified atom stereocenters. The molecule has 2 aliphatic rings. The minimum absolute atomic E-state index is 0.0375. The van der Waals surface area contributed by atoms with Crippen LogP contribution in [0.2, 0.25) is 0 Å².